The van der Waals surface area contributed by atoms with Crippen molar-refractivity contribution in [1.82, 2.24) is 15.5 Å². The van der Waals surface area contributed by atoms with Crippen LogP contribution in [0.1, 0.15) is 46.6 Å². The van der Waals surface area contributed by atoms with Crippen molar-refractivity contribution in [2.75, 3.05) is 13.2 Å². The second-order valence-corrected chi connectivity index (χ2v) is 8.83. The molecule has 0 radical (unpaired) electrons. The van der Waals surface area contributed by atoms with Gasteiger partial charge in [-0.3, -0.25) is 4.79 Å². The maximum Gasteiger partial charge on any atom is 0.307 e. The molecule has 0 saturated carbocycles. The van der Waals surface area contributed by atoms with Gasteiger partial charge >= 0.3 is 5.97 Å². The van der Waals surface area contributed by atoms with Gasteiger partial charge in [0.15, 0.2) is 0 Å². The summed E-state index contributed by atoms with van der Waals surface area (Å²) in [5, 5.41) is 7.99. The van der Waals surface area contributed by atoms with E-state index in [4.69, 9.17) is 25.6 Å². The van der Waals surface area contributed by atoms with Crippen LogP contribution < -0.4 is 10.1 Å². The summed E-state index contributed by atoms with van der Waals surface area (Å²) in [5.74, 6) is 1.29. The molecule has 7 nitrogen and oxygen atoms in total. The third-order valence-electron chi connectivity index (χ3n) is 5.03. The molecule has 3 aromatic rings. The minimum absolute atomic E-state index is 0.0332. The second kappa shape index (κ2) is 10.8. The summed E-state index contributed by atoms with van der Waals surface area (Å²) in [7, 11) is 0. The number of carbonyl (C=O) groups excluding carboxylic acids is 1. The predicted octanol–water partition coefficient (Wildman–Crippen LogP) is 5.62. The van der Waals surface area contributed by atoms with E-state index >= 15 is 0 Å². The fourth-order valence-electron chi connectivity index (χ4n) is 3.29. The average molecular weight is 472 g/mol. The summed E-state index contributed by atoms with van der Waals surface area (Å²) >= 11 is 6.33. The van der Waals surface area contributed by atoms with Gasteiger partial charge in [0.25, 0.3) is 5.89 Å². The largest absolute Gasteiger partial charge is 0.489 e. The molecule has 1 aromatic heterocycles. The molecule has 0 atom stereocenters. The van der Waals surface area contributed by atoms with Gasteiger partial charge in [0.05, 0.1) is 24.2 Å². The first-order valence-electron chi connectivity index (χ1n) is 11.0. The maximum atomic E-state index is 11.5. The number of hydrogen-bond donors (Lipinski definition) is 1. The van der Waals surface area contributed by atoms with Gasteiger partial charge in [-0.05, 0) is 70.5 Å². The highest BCUT2D eigenvalue weighted by atomic mass is 35.5. The van der Waals surface area contributed by atoms with Crippen molar-refractivity contribution in [2.24, 2.45) is 0 Å². The van der Waals surface area contributed by atoms with Gasteiger partial charge in [-0.2, -0.15) is 4.98 Å². The Kier molecular flexibility index (Phi) is 8.10. The summed E-state index contributed by atoms with van der Waals surface area (Å²) in [6.07, 6.45) is 0.361. The van der Waals surface area contributed by atoms with Crippen LogP contribution in [0.5, 0.6) is 5.75 Å². The molecule has 1 N–H and O–H groups in total. The molecule has 0 fully saturated rings. The minimum atomic E-state index is -0.318. The minimum Gasteiger partial charge on any atom is -0.489 e. The number of hydrogen-bond acceptors (Lipinski definition) is 7. The Bertz CT molecular complexity index is 1080. The van der Waals surface area contributed by atoms with Crippen molar-refractivity contribution in [3.8, 4) is 28.6 Å². The van der Waals surface area contributed by atoms with Gasteiger partial charge in [-0.15, -0.1) is 0 Å². The van der Waals surface area contributed by atoms with Crippen molar-refractivity contribution < 1.29 is 18.8 Å². The van der Waals surface area contributed by atoms with Crippen LogP contribution in [0.2, 0.25) is 5.02 Å². The summed E-state index contributed by atoms with van der Waals surface area (Å²) in [6, 6.07) is 13.3. The lowest BCUT2D eigenvalue weighted by Gasteiger charge is -2.27. The zero-order chi connectivity index (χ0) is 24.0. The highest BCUT2D eigenvalue weighted by Gasteiger charge is 2.21. The van der Waals surface area contributed by atoms with Gasteiger partial charge in [0.1, 0.15) is 5.75 Å². The Hall–Kier alpha value is -2.90. The highest BCUT2D eigenvalue weighted by Crippen LogP contribution is 2.31. The number of rotatable bonds is 10. The lowest BCUT2D eigenvalue weighted by atomic mass is 9.93. The predicted molar refractivity (Wildman–Crippen MR) is 128 cm³/mol. The quantitative estimate of drug-likeness (QED) is 0.384. The molecule has 1 heterocycles. The molecule has 0 amide bonds. The molecule has 0 aliphatic carbocycles. The molecule has 8 heteroatoms. The third-order valence-corrected chi connectivity index (χ3v) is 5.33. The summed E-state index contributed by atoms with van der Waals surface area (Å²) in [6.45, 7) is 10.7. The molecule has 33 heavy (non-hydrogen) atoms. The lowest BCUT2D eigenvalue weighted by Crippen LogP contribution is -2.37. The first-order valence-corrected chi connectivity index (χ1v) is 11.4. The first kappa shape index (κ1) is 24.7. The number of halogens is 1. The number of aromatic nitrogens is 2. The van der Waals surface area contributed by atoms with Crippen LogP contribution in [-0.4, -0.2) is 35.4 Å². The van der Waals surface area contributed by atoms with Crippen molar-refractivity contribution in [3.63, 3.8) is 0 Å². The number of nitrogens with one attached hydrogen (secondary N) is 1. The Labute approximate surface area is 199 Å². The van der Waals surface area contributed by atoms with Crippen LogP contribution in [0.25, 0.3) is 22.8 Å². The smallest absolute Gasteiger partial charge is 0.307 e. The van der Waals surface area contributed by atoms with E-state index in [-0.39, 0.29) is 17.6 Å². The average Bonchev–Trinajstić information content (AvgIpc) is 3.25. The summed E-state index contributed by atoms with van der Waals surface area (Å²) < 4.78 is 16.1. The molecule has 176 valence electrons. The molecule has 0 saturated heterocycles. The monoisotopic (exact) mass is 471 g/mol. The lowest BCUT2D eigenvalue weighted by molar-refractivity contribution is -0.143. The Balaban J connectivity index is 1.68. The van der Waals surface area contributed by atoms with E-state index in [0.29, 0.717) is 42.1 Å². The Morgan fingerprint density at radius 1 is 1.15 bits per heavy atom. The normalized spacial score (nSPS) is 11.6. The Morgan fingerprint density at radius 3 is 2.48 bits per heavy atom. The van der Waals surface area contributed by atoms with Gasteiger partial charge in [0, 0.05) is 23.2 Å². The number of carbonyl (C=O) groups is 1. The zero-order valence-electron chi connectivity index (χ0n) is 19.6. The van der Waals surface area contributed by atoms with Crippen LogP contribution >= 0.6 is 11.6 Å². The van der Waals surface area contributed by atoms with E-state index in [1.807, 2.05) is 44.2 Å². The van der Waals surface area contributed by atoms with E-state index in [9.17, 15) is 4.79 Å². The van der Waals surface area contributed by atoms with Gasteiger partial charge < -0.3 is 19.3 Å². The molecule has 0 unspecified atom stereocenters. The molecule has 0 aliphatic heterocycles. The van der Waals surface area contributed by atoms with Crippen molar-refractivity contribution in [3.05, 3.63) is 53.1 Å². The van der Waals surface area contributed by atoms with Gasteiger partial charge in [-0.25, -0.2) is 0 Å². The van der Waals surface area contributed by atoms with Crippen LogP contribution in [0, 0.1) is 0 Å². The van der Waals surface area contributed by atoms with Crippen LogP contribution in [0.15, 0.2) is 47.0 Å². The Morgan fingerprint density at radius 2 is 1.85 bits per heavy atom. The highest BCUT2D eigenvalue weighted by molar-refractivity contribution is 6.32. The van der Waals surface area contributed by atoms with E-state index < -0.39 is 0 Å². The molecule has 0 spiro atoms. The molecular formula is C25H30ClN3O4. The van der Waals surface area contributed by atoms with Crippen LogP contribution in [0.4, 0.5) is 0 Å². The van der Waals surface area contributed by atoms with E-state index in [1.54, 1.807) is 19.1 Å². The fraction of sp³-hybridized carbons (Fsp3) is 0.400. The van der Waals surface area contributed by atoms with Crippen LogP contribution in [-0.2, 0) is 15.1 Å². The molecule has 3 rings (SSSR count). The maximum absolute atomic E-state index is 11.5. The number of esters is 1. The molecule has 0 aliphatic rings. The van der Waals surface area contributed by atoms with E-state index in [0.717, 1.165) is 16.7 Å². The van der Waals surface area contributed by atoms with Gasteiger partial charge in [-0.1, -0.05) is 28.9 Å². The van der Waals surface area contributed by atoms with Crippen molar-refractivity contribution in [1.29, 1.82) is 0 Å². The summed E-state index contributed by atoms with van der Waals surface area (Å²) in [4.78, 5) is 16.1. The molecule has 0 bridgehead atoms. The standard InChI is InChI=1S/C25H30ClN3O4/c1-6-31-22(30)13-14-27-25(4,5)19-10-7-17(8-11-19)24-28-23(29-33-24)18-9-12-21(20(26)15-18)32-16(2)3/h7-12,15-16,27H,6,13-14H2,1-5H3. The van der Waals surface area contributed by atoms with E-state index in [2.05, 4.69) is 29.3 Å². The van der Waals surface area contributed by atoms with E-state index in [1.165, 1.54) is 0 Å². The van der Waals surface area contributed by atoms with Crippen molar-refractivity contribution in [2.45, 2.75) is 52.7 Å². The van der Waals surface area contributed by atoms with Crippen LogP contribution in [0.3, 0.4) is 0 Å². The number of ether oxygens (including phenoxy) is 2. The number of benzene rings is 2. The topological polar surface area (TPSA) is 86.5 Å². The SMILES string of the molecule is CCOC(=O)CCNC(C)(C)c1ccc(-c2nc(-c3ccc(OC(C)C)c(Cl)c3)no2)cc1. The molecular weight excluding hydrogens is 442 g/mol. The first-order chi connectivity index (χ1) is 15.7. The third kappa shape index (κ3) is 6.55. The fourth-order valence-corrected chi connectivity index (χ4v) is 3.51. The molecule has 2 aromatic carbocycles. The van der Waals surface area contributed by atoms with Crippen molar-refractivity contribution >= 4 is 17.6 Å². The van der Waals surface area contributed by atoms with Gasteiger partial charge in [0.2, 0.25) is 5.82 Å². The number of nitrogens with zero attached hydrogens (tertiary/aromatic N) is 2. The summed E-state index contributed by atoms with van der Waals surface area (Å²) in [5.41, 5.74) is 2.31. The zero-order valence-corrected chi connectivity index (χ0v) is 20.4. The second-order valence-electron chi connectivity index (χ2n) is 8.42.